The molecule has 0 radical (unpaired) electrons. The van der Waals surface area contributed by atoms with Gasteiger partial charge in [0.05, 0.1) is 12.1 Å². The van der Waals surface area contributed by atoms with Crippen molar-refractivity contribution < 1.29 is 9.53 Å². The summed E-state index contributed by atoms with van der Waals surface area (Å²) in [7, 11) is 0. The van der Waals surface area contributed by atoms with Crippen molar-refractivity contribution in [1.29, 1.82) is 0 Å². The van der Waals surface area contributed by atoms with Gasteiger partial charge in [0, 0.05) is 12.6 Å². The Hall–Kier alpha value is -0.610. The van der Waals surface area contributed by atoms with Gasteiger partial charge in [0.25, 0.3) is 0 Å². The zero-order valence-corrected chi connectivity index (χ0v) is 9.82. The molecule has 0 aromatic heterocycles. The Bertz CT molecular complexity index is 219. The molecule has 3 N–H and O–H groups in total. The molecule has 4 nitrogen and oxygen atoms in total. The maximum atomic E-state index is 10.9. The van der Waals surface area contributed by atoms with Crippen LogP contribution in [-0.2, 0) is 9.53 Å². The fourth-order valence-corrected chi connectivity index (χ4v) is 1.88. The molecule has 3 atom stereocenters. The Balaban J connectivity index is 2.39. The van der Waals surface area contributed by atoms with Gasteiger partial charge >= 0.3 is 0 Å². The van der Waals surface area contributed by atoms with Crippen molar-refractivity contribution in [2.45, 2.75) is 51.8 Å². The van der Waals surface area contributed by atoms with Crippen LogP contribution in [0, 0.1) is 5.92 Å². The molecule has 1 aliphatic rings. The van der Waals surface area contributed by atoms with Crippen molar-refractivity contribution >= 4 is 5.91 Å². The molecule has 15 heavy (non-hydrogen) atoms. The highest BCUT2D eigenvalue weighted by molar-refractivity contribution is 5.79. The van der Waals surface area contributed by atoms with E-state index in [1.165, 1.54) is 0 Å². The van der Waals surface area contributed by atoms with E-state index < -0.39 is 0 Å². The lowest BCUT2D eigenvalue weighted by atomic mass is 9.95. The van der Waals surface area contributed by atoms with E-state index in [-0.39, 0.29) is 11.9 Å². The molecule has 1 heterocycles. The number of nitrogens with two attached hydrogens (primary N) is 1. The molecular formula is C11H22N2O2. The molecule has 0 spiro atoms. The summed E-state index contributed by atoms with van der Waals surface area (Å²) in [6.07, 6.45) is 2.23. The van der Waals surface area contributed by atoms with Crippen molar-refractivity contribution in [2.75, 3.05) is 6.61 Å². The largest absolute Gasteiger partial charge is 0.378 e. The van der Waals surface area contributed by atoms with Gasteiger partial charge in [0.15, 0.2) is 0 Å². The number of rotatable bonds is 4. The first kappa shape index (κ1) is 12.5. The van der Waals surface area contributed by atoms with Gasteiger partial charge in [-0.05, 0) is 25.7 Å². The lowest BCUT2D eigenvalue weighted by Crippen LogP contribution is -2.48. The van der Waals surface area contributed by atoms with E-state index in [9.17, 15) is 4.79 Å². The topological polar surface area (TPSA) is 64.3 Å². The Morgan fingerprint density at radius 1 is 1.47 bits per heavy atom. The SMILES string of the molecule is CC(NC1CCOC(C(C)C)C1)C(N)=O. The lowest BCUT2D eigenvalue weighted by molar-refractivity contribution is -0.120. The Morgan fingerprint density at radius 3 is 2.67 bits per heavy atom. The van der Waals surface area contributed by atoms with E-state index in [1.807, 2.05) is 6.92 Å². The number of amides is 1. The van der Waals surface area contributed by atoms with Gasteiger partial charge in [-0.1, -0.05) is 13.8 Å². The molecule has 1 amide bonds. The van der Waals surface area contributed by atoms with Crippen LogP contribution in [0.25, 0.3) is 0 Å². The van der Waals surface area contributed by atoms with E-state index in [0.717, 1.165) is 19.4 Å². The molecule has 3 unspecified atom stereocenters. The summed E-state index contributed by atoms with van der Waals surface area (Å²) in [6.45, 7) is 6.89. The third-order valence-electron chi connectivity index (χ3n) is 2.97. The molecule has 4 heteroatoms. The normalized spacial score (nSPS) is 29.1. The monoisotopic (exact) mass is 214 g/mol. The molecule has 1 aliphatic heterocycles. The van der Waals surface area contributed by atoms with Crippen molar-refractivity contribution in [3.05, 3.63) is 0 Å². The first-order valence-electron chi connectivity index (χ1n) is 5.67. The van der Waals surface area contributed by atoms with Gasteiger partial charge in [-0.2, -0.15) is 0 Å². The standard InChI is InChI=1S/C11H22N2O2/c1-7(2)10-6-9(4-5-15-10)13-8(3)11(12)14/h7-10,13H,4-6H2,1-3H3,(H2,12,14). The van der Waals surface area contributed by atoms with Crippen molar-refractivity contribution in [3.8, 4) is 0 Å². The third-order valence-corrected chi connectivity index (χ3v) is 2.97. The van der Waals surface area contributed by atoms with E-state index in [1.54, 1.807) is 0 Å². The average molecular weight is 214 g/mol. The summed E-state index contributed by atoms with van der Waals surface area (Å²) in [5.41, 5.74) is 5.21. The van der Waals surface area contributed by atoms with E-state index in [2.05, 4.69) is 19.2 Å². The highest BCUT2D eigenvalue weighted by Gasteiger charge is 2.26. The smallest absolute Gasteiger partial charge is 0.234 e. The minimum Gasteiger partial charge on any atom is -0.378 e. The van der Waals surface area contributed by atoms with Crippen LogP contribution in [-0.4, -0.2) is 30.7 Å². The van der Waals surface area contributed by atoms with E-state index in [4.69, 9.17) is 10.5 Å². The highest BCUT2D eigenvalue weighted by atomic mass is 16.5. The maximum Gasteiger partial charge on any atom is 0.234 e. The van der Waals surface area contributed by atoms with Gasteiger partial charge in [-0.15, -0.1) is 0 Å². The van der Waals surface area contributed by atoms with Crippen LogP contribution in [0.5, 0.6) is 0 Å². The first-order valence-corrected chi connectivity index (χ1v) is 5.67. The first-order chi connectivity index (χ1) is 7.00. The molecular weight excluding hydrogens is 192 g/mol. The third kappa shape index (κ3) is 3.80. The molecule has 0 bridgehead atoms. The summed E-state index contributed by atoms with van der Waals surface area (Å²) in [5, 5.41) is 3.25. The lowest BCUT2D eigenvalue weighted by Gasteiger charge is -2.33. The van der Waals surface area contributed by atoms with E-state index >= 15 is 0 Å². The van der Waals surface area contributed by atoms with Gasteiger partial charge in [-0.25, -0.2) is 0 Å². The number of ether oxygens (including phenoxy) is 1. The predicted octanol–water partition coefficient (Wildman–Crippen LogP) is 0.653. The zero-order chi connectivity index (χ0) is 11.4. The second kappa shape index (κ2) is 5.47. The predicted molar refractivity (Wildman–Crippen MR) is 59.4 cm³/mol. The van der Waals surface area contributed by atoms with Gasteiger partial charge < -0.3 is 15.8 Å². The minimum atomic E-state index is -0.289. The van der Waals surface area contributed by atoms with Crippen LogP contribution in [0.2, 0.25) is 0 Å². The van der Waals surface area contributed by atoms with Crippen molar-refractivity contribution in [1.82, 2.24) is 5.32 Å². The van der Waals surface area contributed by atoms with E-state index in [0.29, 0.717) is 18.1 Å². The minimum absolute atomic E-state index is 0.249. The highest BCUT2D eigenvalue weighted by Crippen LogP contribution is 2.20. The summed E-state index contributed by atoms with van der Waals surface area (Å²) in [6, 6.07) is 0.106. The van der Waals surface area contributed by atoms with Crippen LogP contribution >= 0.6 is 0 Å². The quantitative estimate of drug-likeness (QED) is 0.722. The van der Waals surface area contributed by atoms with Crippen LogP contribution in [0.15, 0.2) is 0 Å². The number of hydrogen-bond donors (Lipinski definition) is 2. The Labute approximate surface area is 91.5 Å². The Kier molecular flexibility index (Phi) is 4.54. The second-order valence-corrected chi connectivity index (χ2v) is 4.67. The molecule has 1 fully saturated rings. The number of primary amides is 1. The average Bonchev–Trinajstić information content (AvgIpc) is 2.18. The number of hydrogen-bond acceptors (Lipinski definition) is 3. The van der Waals surface area contributed by atoms with Crippen LogP contribution < -0.4 is 11.1 Å². The van der Waals surface area contributed by atoms with Crippen LogP contribution in [0.4, 0.5) is 0 Å². The summed E-state index contributed by atoms with van der Waals surface area (Å²) in [5.74, 6) is 0.237. The van der Waals surface area contributed by atoms with Gasteiger partial charge in [0.1, 0.15) is 0 Å². The summed E-state index contributed by atoms with van der Waals surface area (Å²) >= 11 is 0. The van der Waals surface area contributed by atoms with Gasteiger partial charge in [-0.3, -0.25) is 4.79 Å². The molecule has 0 aliphatic carbocycles. The molecule has 0 aromatic carbocycles. The fraction of sp³-hybridized carbons (Fsp3) is 0.909. The molecule has 0 aromatic rings. The number of carbonyl (C=O) groups excluding carboxylic acids is 1. The Morgan fingerprint density at radius 2 is 2.13 bits per heavy atom. The van der Waals surface area contributed by atoms with Gasteiger partial charge in [0.2, 0.25) is 5.91 Å². The van der Waals surface area contributed by atoms with Crippen molar-refractivity contribution in [3.63, 3.8) is 0 Å². The van der Waals surface area contributed by atoms with Crippen LogP contribution in [0.3, 0.4) is 0 Å². The molecule has 88 valence electrons. The molecule has 1 rings (SSSR count). The van der Waals surface area contributed by atoms with Crippen molar-refractivity contribution in [2.24, 2.45) is 11.7 Å². The fourth-order valence-electron chi connectivity index (χ4n) is 1.88. The number of carbonyl (C=O) groups is 1. The summed E-state index contributed by atoms with van der Waals surface area (Å²) in [4.78, 5) is 10.9. The summed E-state index contributed by atoms with van der Waals surface area (Å²) < 4.78 is 5.66. The zero-order valence-electron chi connectivity index (χ0n) is 9.82. The maximum absolute atomic E-state index is 10.9. The number of nitrogens with one attached hydrogen (secondary N) is 1. The second-order valence-electron chi connectivity index (χ2n) is 4.67. The van der Waals surface area contributed by atoms with Crippen LogP contribution in [0.1, 0.15) is 33.6 Å². The molecule has 1 saturated heterocycles. The molecule has 0 saturated carbocycles.